The van der Waals surface area contributed by atoms with E-state index in [-0.39, 0.29) is 5.56 Å². The standard InChI is InChI=1S/C15H15NO3S/c1-9-7-16-14(20-9)11-4-5-13(12(6-11)15(17)18)19-8-10-2-3-10/h4-7,10H,2-3,8H2,1H3,(H,17,18). The minimum absolute atomic E-state index is 0.205. The number of hydrogen-bond donors (Lipinski definition) is 1. The van der Waals surface area contributed by atoms with Gasteiger partial charge in [0.1, 0.15) is 16.3 Å². The molecule has 0 radical (unpaired) electrons. The van der Waals surface area contributed by atoms with Gasteiger partial charge in [0, 0.05) is 16.6 Å². The molecule has 1 heterocycles. The quantitative estimate of drug-likeness (QED) is 0.913. The van der Waals surface area contributed by atoms with Gasteiger partial charge in [0.05, 0.1) is 6.61 Å². The third-order valence-electron chi connectivity index (χ3n) is 3.25. The average molecular weight is 289 g/mol. The number of hydrogen-bond acceptors (Lipinski definition) is 4. The second-order valence-electron chi connectivity index (χ2n) is 5.05. The van der Waals surface area contributed by atoms with Crippen LogP contribution in [0.25, 0.3) is 10.6 Å². The van der Waals surface area contributed by atoms with Crippen molar-refractivity contribution < 1.29 is 14.6 Å². The van der Waals surface area contributed by atoms with Gasteiger partial charge in [-0.2, -0.15) is 0 Å². The van der Waals surface area contributed by atoms with Crippen LogP contribution in [0.2, 0.25) is 0 Å². The second kappa shape index (κ2) is 5.25. The summed E-state index contributed by atoms with van der Waals surface area (Å²) in [5, 5.41) is 10.2. The summed E-state index contributed by atoms with van der Waals surface area (Å²) >= 11 is 1.55. The Kier molecular flexibility index (Phi) is 3.44. The predicted molar refractivity (Wildman–Crippen MR) is 77.5 cm³/mol. The van der Waals surface area contributed by atoms with Gasteiger partial charge in [-0.1, -0.05) is 0 Å². The van der Waals surface area contributed by atoms with E-state index in [9.17, 15) is 9.90 Å². The topological polar surface area (TPSA) is 59.4 Å². The van der Waals surface area contributed by atoms with Gasteiger partial charge in [-0.15, -0.1) is 11.3 Å². The van der Waals surface area contributed by atoms with Crippen LogP contribution in [0.1, 0.15) is 28.1 Å². The fourth-order valence-electron chi connectivity index (χ4n) is 1.94. The molecular formula is C15H15NO3S. The zero-order valence-corrected chi connectivity index (χ0v) is 11.9. The van der Waals surface area contributed by atoms with Crippen molar-refractivity contribution in [1.82, 2.24) is 4.98 Å². The van der Waals surface area contributed by atoms with Crippen LogP contribution in [0.4, 0.5) is 0 Å². The molecule has 5 heteroatoms. The van der Waals surface area contributed by atoms with Crippen LogP contribution in [-0.4, -0.2) is 22.7 Å². The van der Waals surface area contributed by atoms with Crippen LogP contribution in [0, 0.1) is 12.8 Å². The summed E-state index contributed by atoms with van der Waals surface area (Å²) in [4.78, 5) is 16.8. The zero-order chi connectivity index (χ0) is 14.1. The van der Waals surface area contributed by atoms with Gasteiger partial charge >= 0.3 is 5.97 Å². The van der Waals surface area contributed by atoms with Gasteiger partial charge < -0.3 is 9.84 Å². The minimum Gasteiger partial charge on any atom is -0.492 e. The van der Waals surface area contributed by atoms with Gasteiger partial charge in [0.25, 0.3) is 0 Å². The fraction of sp³-hybridized carbons (Fsp3) is 0.333. The largest absolute Gasteiger partial charge is 0.492 e. The van der Waals surface area contributed by atoms with E-state index in [1.54, 1.807) is 29.7 Å². The molecule has 1 aromatic heterocycles. The van der Waals surface area contributed by atoms with E-state index in [4.69, 9.17) is 4.74 Å². The summed E-state index contributed by atoms with van der Waals surface area (Å²) in [6.45, 7) is 2.59. The smallest absolute Gasteiger partial charge is 0.339 e. The molecule has 1 aromatic carbocycles. The molecule has 1 saturated carbocycles. The highest BCUT2D eigenvalue weighted by molar-refractivity contribution is 7.14. The molecule has 1 aliphatic rings. The summed E-state index contributed by atoms with van der Waals surface area (Å²) in [7, 11) is 0. The Balaban J connectivity index is 1.89. The normalized spacial score (nSPS) is 14.2. The lowest BCUT2D eigenvalue weighted by atomic mass is 10.1. The molecule has 2 aromatic rings. The molecule has 1 fully saturated rings. The van der Waals surface area contributed by atoms with E-state index in [1.165, 1.54) is 12.8 Å². The maximum absolute atomic E-state index is 11.4. The Bertz CT molecular complexity index is 646. The predicted octanol–water partition coefficient (Wildman–Crippen LogP) is 3.61. The van der Waals surface area contributed by atoms with Crippen molar-refractivity contribution >= 4 is 17.3 Å². The zero-order valence-electron chi connectivity index (χ0n) is 11.1. The Labute approximate surface area is 121 Å². The highest BCUT2D eigenvalue weighted by atomic mass is 32.1. The second-order valence-corrected chi connectivity index (χ2v) is 6.28. The molecule has 0 saturated heterocycles. The molecule has 0 atom stereocenters. The highest BCUT2D eigenvalue weighted by Crippen LogP contribution is 2.32. The molecular weight excluding hydrogens is 274 g/mol. The van der Waals surface area contributed by atoms with Crippen LogP contribution in [0.5, 0.6) is 5.75 Å². The van der Waals surface area contributed by atoms with Crippen LogP contribution in [0.3, 0.4) is 0 Å². The van der Waals surface area contributed by atoms with Crippen LogP contribution < -0.4 is 4.74 Å². The van der Waals surface area contributed by atoms with E-state index in [1.807, 2.05) is 13.0 Å². The summed E-state index contributed by atoms with van der Waals surface area (Å²) in [6.07, 6.45) is 4.15. The lowest BCUT2D eigenvalue weighted by molar-refractivity contribution is 0.0692. The molecule has 0 aliphatic heterocycles. The third-order valence-corrected chi connectivity index (χ3v) is 4.21. The lowest BCUT2D eigenvalue weighted by Crippen LogP contribution is -2.05. The molecule has 0 unspecified atom stereocenters. The summed E-state index contributed by atoms with van der Waals surface area (Å²) in [5.41, 5.74) is 1.02. The maximum atomic E-state index is 11.4. The van der Waals surface area contributed by atoms with Crippen LogP contribution in [0.15, 0.2) is 24.4 Å². The number of ether oxygens (including phenoxy) is 1. The molecule has 104 valence electrons. The number of aromatic carboxylic acids is 1. The van der Waals surface area contributed by atoms with Gasteiger partial charge in [-0.25, -0.2) is 9.78 Å². The molecule has 0 spiro atoms. The molecule has 0 amide bonds. The molecule has 0 bridgehead atoms. The molecule has 4 nitrogen and oxygen atoms in total. The number of thiazole rings is 1. The van der Waals surface area contributed by atoms with Crippen LogP contribution in [-0.2, 0) is 0 Å². The van der Waals surface area contributed by atoms with Crippen molar-refractivity contribution in [3.05, 3.63) is 34.8 Å². The fourth-order valence-corrected chi connectivity index (χ4v) is 2.70. The van der Waals surface area contributed by atoms with E-state index in [2.05, 4.69) is 4.98 Å². The SMILES string of the molecule is Cc1cnc(-c2ccc(OCC3CC3)c(C(=O)O)c2)s1. The van der Waals surface area contributed by atoms with Gasteiger partial charge in [-0.3, -0.25) is 0 Å². The first-order valence-electron chi connectivity index (χ1n) is 6.56. The van der Waals surface area contributed by atoms with Gasteiger partial charge in [0.2, 0.25) is 0 Å². The third kappa shape index (κ3) is 2.82. The number of carbonyl (C=O) groups is 1. The average Bonchev–Trinajstić information content (AvgIpc) is 3.16. The number of rotatable bonds is 5. The maximum Gasteiger partial charge on any atom is 0.339 e. The van der Waals surface area contributed by atoms with E-state index in [0.29, 0.717) is 18.3 Å². The van der Waals surface area contributed by atoms with E-state index < -0.39 is 5.97 Å². The Hall–Kier alpha value is -1.88. The Morgan fingerprint density at radius 1 is 1.50 bits per heavy atom. The van der Waals surface area contributed by atoms with Gasteiger partial charge in [-0.05, 0) is 43.9 Å². The van der Waals surface area contributed by atoms with Crippen molar-refractivity contribution in [2.24, 2.45) is 5.92 Å². The van der Waals surface area contributed by atoms with Crippen molar-refractivity contribution in [3.63, 3.8) is 0 Å². The van der Waals surface area contributed by atoms with Crippen molar-refractivity contribution in [2.75, 3.05) is 6.61 Å². The van der Waals surface area contributed by atoms with Crippen molar-refractivity contribution in [1.29, 1.82) is 0 Å². The number of aryl methyl sites for hydroxylation is 1. The lowest BCUT2D eigenvalue weighted by Gasteiger charge is -2.09. The Morgan fingerprint density at radius 2 is 2.30 bits per heavy atom. The Morgan fingerprint density at radius 3 is 2.90 bits per heavy atom. The molecule has 20 heavy (non-hydrogen) atoms. The van der Waals surface area contributed by atoms with Crippen molar-refractivity contribution in [2.45, 2.75) is 19.8 Å². The first kappa shape index (κ1) is 13.1. The van der Waals surface area contributed by atoms with E-state index in [0.717, 1.165) is 15.4 Å². The highest BCUT2D eigenvalue weighted by Gasteiger charge is 2.23. The number of benzene rings is 1. The van der Waals surface area contributed by atoms with Gasteiger partial charge in [0.15, 0.2) is 0 Å². The monoisotopic (exact) mass is 289 g/mol. The number of carboxylic acid groups (broad SMARTS) is 1. The number of carboxylic acids is 1. The first-order valence-corrected chi connectivity index (χ1v) is 7.38. The number of aromatic nitrogens is 1. The summed E-state index contributed by atoms with van der Waals surface area (Å²) in [5.74, 6) is 0.0743. The number of nitrogens with zero attached hydrogens (tertiary/aromatic N) is 1. The molecule has 3 rings (SSSR count). The molecule has 1 N–H and O–H groups in total. The van der Waals surface area contributed by atoms with Crippen LogP contribution >= 0.6 is 11.3 Å². The minimum atomic E-state index is -0.967. The first-order chi connectivity index (χ1) is 9.63. The molecule has 1 aliphatic carbocycles. The van der Waals surface area contributed by atoms with E-state index >= 15 is 0 Å². The summed E-state index contributed by atoms with van der Waals surface area (Å²) in [6, 6.07) is 5.24. The summed E-state index contributed by atoms with van der Waals surface area (Å²) < 4.78 is 5.62. The van der Waals surface area contributed by atoms with Crippen molar-refractivity contribution in [3.8, 4) is 16.3 Å².